The number of aryl methyl sites for hydroxylation is 2. The van der Waals surface area contributed by atoms with Gasteiger partial charge in [0.05, 0.1) is 29.8 Å². The Morgan fingerprint density at radius 1 is 1.02 bits per heavy atom. The summed E-state index contributed by atoms with van der Waals surface area (Å²) in [6.45, 7) is 17.2. The first-order valence-corrected chi connectivity index (χ1v) is 16.9. The van der Waals surface area contributed by atoms with Crippen LogP contribution >= 0.6 is 0 Å². The van der Waals surface area contributed by atoms with Crippen LogP contribution in [0.4, 0.5) is 11.4 Å². The van der Waals surface area contributed by atoms with Crippen molar-refractivity contribution in [3.05, 3.63) is 77.9 Å². The highest BCUT2D eigenvalue weighted by atomic mass is 15.2. The Labute approximate surface area is 270 Å². The Kier molecular flexibility index (Phi) is 10.4. The lowest BCUT2D eigenvalue weighted by molar-refractivity contribution is 0.240. The first-order chi connectivity index (χ1) is 21.8. The van der Waals surface area contributed by atoms with Gasteiger partial charge in [-0.2, -0.15) is 0 Å². The van der Waals surface area contributed by atoms with Crippen LogP contribution < -0.4 is 5.32 Å². The number of aliphatic imine (C=N–C) groups is 1. The molecular weight excluding hydrogens is 552 g/mol. The lowest BCUT2D eigenvalue weighted by Gasteiger charge is -2.31. The van der Waals surface area contributed by atoms with Gasteiger partial charge in [-0.3, -0.25) is 9.89 Å². The van der Waals surface area contributed by atoms with Crippen LogP contribution in [-0.4, -0.2) is 58.7 Å². The summed E-state index contributed by atoms with van der Waals surface area (Å²) in [6.07, 6.45) is 10.4. The van der Waals surface area contributed by atoms with Gasteiger partial charge >= 0.3 is 0 Å². The van der Waals surface area contributed by atoms with Gasteiger partial charge < -0.3 is 15.2 Å². The maximum atomic E-state index is 4.87. The van der Waals surface area contributed by atoms with E-state index in [4.69, 9.17) is 9.98 Å². The molecule has 0 spiro atoms. The van der Waals surface area contributed by atoms with Gasteiger partial charge in [0, 0.05) is 43.0 Å². The first-order valence-electron chi connectivity index (χ1n) is 16.9. The molecule has 45 heavy (non-hydrogen) atoms. The minimum absolute atomic E-state index is 0.433. The lowest BCUT2D eigenvalue weighted by Crippen LogP contribution is -2.31. The Balaban J connectivity index is 1.39. The predicted molar refractivity (Wildman–Crippen MR) is 194 cm³/mol. The topological polar surface area (TPSA) is 59.6 Å². The van der Waals surface area contributed by atoms with Crippen LogP contribution in [0.5, 0.6) is 0 Å². The number of rotatable bonds is 14. The Morgan fingerprint density at radius 3 is 2.49 bits per heavy atom. The Bertz CT molecular complexity index is 1660. The number of aromatic amines is 1. The summed E-state index contributed by atoms with van der Waals surface area (Å²) in [5, 5.41) is 5.92. The van der Waals surface area contributed by atoms with E-state index in [9.17, 15) is 0 Å². The second kappa shape index (κ2) is 14.5. The quantitative estimate of drug-likeness (QED) is 0.141. The molecule has 2 atom stereocenters. The average molecular weight is 605 g/mol. The summed E-state index contributed by atoms with van der Waals surface area (Å²) in [4.78, 5) is 18.0. The summed E-state index contributed by atoms with van der Waals surface area (Å²) in [5.74, 6) is 0.990. The Hall–Kier alpha value is -3.90. The molecule has 6 nitrogen and oxygen atoms in total. The van der Waals surface area contributed by atoms with Gasteiger partial charge in [-0.15, -0.1) is 0 Å². The van der Waals surface area contributed by atoms with Crippen molar-refractivity contribution in [3.8, 4) is 22.4 Å². The number of anilines is 1. The van der Waals surface area contributed by atoms with E-state index in [2.05, 4.69) is 111 Å². The smallest absolute Gasteiger partial charge is 0.126 e. The fourth-order valence-electron chi connectivity index (χ4n) is 6.48. The fraction of sp³-hybridized carbons (Fsp3) is 0.436. The van der Waals surface area contributed by atoms with E-state index in [0.717, 1.165) is 74.5 Å². The number of nitrogens with zero attached hydrogens (tertiary/aromatic N) is 4. The highest BCUT2D eigenvalue weighted by Gasteiger charge is 2.20. The highest BCUT2D eigenvalue weighted by molar-refractivity contribution is 6.03. The third-order valence-corrected chi connectivity index (χ3v) is 9.80. The first kappa shape index (κ1) is 32.5. The summed E-state index contributed by atoms with van der Waals surface area (Å²) >= 11 is 0. The van der Waals surface area contributed by atoms with Crippen LogP contribution in [0.2, 0.25) is 0 Å². The summed E-state index contributed by atoms with van der Waals surface area (Å²) in [6, 6.07) is 17.0. The zero-order valence-corrected chi connectivity index (χ0v) is 28.5. The lowest BCUT2D eigenvalue weighted by atomic mass is 9.83. The molecule has 238 valence electrons. The van der Waals surface area contributed by atoms with E-state index in [1.165, 1.54) is 44.3 Å². The van der Waals surface area contributed by atoms with Crippen LogP contribution in [-0.2, 0) is 19.4 Å². The normalized spacial score (nSPS) is 14.0. The molecule has 1 aliphatic rings. The zero-order chi connectivity index (χ0) is 32.1. The van der Waals surface area contributed by atoms with Crippen molar-refractivity contribution < 1.29 is 0 Å². The molecule has 1 aromatic heterocycles. The van der Waals surface area contributed by atoms with Crippen LogP contribution in [0, 0.1) is 0 Å². The number of fused-ring (bicyclic) bond motifs is 4. The van der Waals surface area contributed by atoms with Crippen molar-refractivity contribution in [1.82, 2.24) is 19.8 Å². The van der Waals surface area contributed by atoms with E-state index in [1.807, 2.05) is 19.5 Å². The number of allylic oxidation sites excluding steroid dienone is 1. The van der Waals surface area contributed by atoms with Crippen molar-refractivity contribution in [2.75, 3.05) is 26.0 Å². The van der Waals surface area contributed by atoms with Crippen LogP contribution in [0.3, 0.4) is 0 Å². The van der Waals surface area contributed by atoms with Crippen LogP contribution in [0.1, 0.15) is 77.3 Å². The van der Waals surface area contributed by atoms with Crippen LogP contribution in [0.15, 0.2) is 65.9 Å². The minimum Gasteiger partial charge on any atom is -0.386 e. The predicted octanol–water partition coefficient (Wildman–Crippen LogP) is 9.38. The largest absolute Gasteiger partial charge is 0.386 e. The van der Waals surface area contributed by atoms with E-state index in [1.54, 1.807) is 0 Å². The second-order valence-electron chi connectivity index (χ2n) is 12.8. The minimum atomic E-state index is 0.433. The average Bonchev–Trinajstić information content (AvgIpc) is 3.53. The highest BCUT2D eigenvalue weighted by Crippen LogP contribution is 2.41. The Morgan fingerprint density at radius 2 is 1.78 bits per heavy atom. The number of hydrogen-bond donors (Lipinski definition) is 2. The van der Waals surface area contributed by atoms with Crippen LogP contribution in [0.25, 0.3) is 33.2 Å². The SMILES string of the molecule is C=C(CCC)N(Cc1ncc(-c2ccc3c(c2)CCc2cc4c(NC)c(N=CCN(C)[C@@H](C)CC)ccc4cc2-3)[nH]1)[C@@H](C)CC. The third-order valence-electron chi connectivity index (χ3n) is 9.80. The molecule has 5 rings (SSSR count). The van der Waals surface area contributed by atoms with Gasteiger partial charge in [0.25, 0.3) is 0 Å². The van der Waals surface area contributed by atoms with Gasteiger partial charge in [0.2, 0.25) is 0 Å². The molecule has 0 amide bonds. The van der Waals surface area contributed by atoms with Gasteiger partial charge in [0.15, 0.2) is 0 Å². The van der Waals surface area contributed by atoms with Gasteiger partial charge in [-0.25, -0.2) is 4.98 Å². The number of H-pyrrole nitrogens is 1. The molecule has 0 fully saturated rings. The van der Waals surface area contributed by atoms with Gasteiger partial charge in [0.1, 0.15) is 5.82 Å². The molecule has 0 aliphatic heterocycles. The molecule has 0 saturated heterocycles. The van der Waals surface area contributed by atoms with Crippen molar-refractivity contribution in [3.63, 3.8) is 0 Å². The summed E-state index contributed by atoms with van der Waals surface area (Å²) in [5.41, 5.74) is 11.0. The molecule has 1 aliphatic carbocycles. The number of hydrogen-bond acceptors (Lipinski definition) is 5. The van der Waals surface area contributed by atoms with Gasteiger partial charge in [-0.05, 0) is 110 Å². The molecule has 0 saturated carbocycles. The zero-order valence-electron chi connectivity index (χ0n) is 28.5. The summed E-state index contributed by atoms with van der Waals surface area (Å²) < 4.78 is 0. The van der Waals surface area contributed by atoms with Crippen molar-refractivity contribution >= 4 is 28.4 Å². The number of imidazole rings is 1. The van der Waals surface area contributed by atoms with E-state index in [-0.39, 0.29) is 0 Å². The molecule has 0 unspecified atom stereocenters. The maximum absolute atomic E-state index is 4.87. The fourth-order valence-corrected chi connectivity index (χ4v) is 6.48. The standard InChI is InChI=1S/C39H52N6/c1-9-12-28(6)45(27(5)11-3)25-38-42-24-37(43-38)32-15-17-33-29(21-32)13-14-30-23-35-31(22-34(30)33)16-18-36(39(35)40-7)41-19-20-44(8)26(4)10-2/h15-19,21-24,26-27,40H,6,9-14,20,25H2,1-5,7-8H3,(H,42,43)/t26-,27-/m0/s1. The number of nitrogens with one attached hydrogen (secondary N) is 2. The van der Waals surface area contributed by atoms with Crippen molar-refractivity contribution in [2.24, 2.45) is 4.99 Å². The monoisotopic (exact) mass is 604 g/mol. The van der Waals surface area contributed by atoms with Gasteiger partial charge in [-0.1, -0.05) is 52.0 Å². The molecule has 6 heteroatoms. The number of benzene rings is 3. The third kappa shape index (κ3) is 7.01. The molecule has 0 radical (unpaired) electrons. The van der Waals surface area contributed by atoms with E-state index >= 15 is 0 Å². The molecule has 4 aromatic rings. The molecular formula is C39H52N6. The van der Waals surface area contributed by atoms with Crippen molar-refractivity contribution in [1.29, 1.82) is 0 Å². The molecule has 3 aromatic carbocycles. The number of aromatic nitrogens is 2. The summed E-state index contributed by atoms with van der Waals surface area (Å²) in [7, 11) is 4.16. The second-order valence-corrected chi connectivity index (χ2v) is 12.8. The van der Waals surface area contributed by atoms with Crippen molar-refractivity contribution in [2.45, 2.75) is 91.8 Å². The van der Waals surface area contributed by atoms with E-state index < -0.39 is 0 Å². The molecule has 0 bridgehead atoms. The molecule has 2 N–H and O–H groups in total. The maximum Gasteiger partial charge on any atom is 0.126 e. The van der Waals surface area contributed by atoms with E-state index in [0.29, 0.717) is 12.1 Å². The molecule has 1 heterocycles.